The minimum Gasteiger partial charge on any atom is -0.497 e. The molecule has 3 N–H and O–H groups in total. The van der Waals surface area contributed by atoms with Crippen LogP contribution in [-0.2, 0) is 9.59 Å². The third kappa shape index (κ3) is 5.88. The molecule has 0 radical (unpaired) electrons. The Labute approximate surface area is 262 Å². The van der Waals surface area contributed by atoms with Crippen LogP contribution in [0.15, 0.2) is 63.4 Å². The van der Waals surface area contributed by atoms with Crippen LogP contribution >= 0.6 is 23.1 Å². The molecule has 228 valence electrons. The SMILES string of the molecule is COc1cccc(C2C(C#N)=C(N)N(c3nnc(SCC(=O)Nc4cc(OC)c(OC)c(OC)c4)s3)C3=C2C(=O)CCC3)c1. The van der Waals surface area contributed by atoms with E-state index in [0.29, 0.717) is 68.7 Å². The van der Waals surface area contributed by atoms with E-state index >= 15 is 0 Å². The van der Waals surface area contributed by atoms with Gasteiger partial charge in [0.05, 0.1) is 51.8 Å². The zero-order valence-corrected chi connectivity index (χ0v) is 26.1. The van der Waals surface area contributed by atoms with Crippen molar-refractivity contribution in [2.75, 3.05) is 44.4 Å². The average molecular weight is 635 g/mol. The molecule has 0 fully saturated rings. The molecule has 2 aromatic carbocycles. The first-order valence-corrected chi connectivity index (χ1v) is 15.3. The Hall–Kier alpha value is -4.74. The monoisotopic (exact) mass is 634 g/mol. The Morgan fingerprint density at radius 2 is 1.86 bits per heavy atom. The maximum atomic E-state index is 13.4. The van der Waals surface area contributed by atoms with Crippen molar-refractivity contribution in [3.63, 3.8) is 0 Å². The highest BCUT2D eigenvalue weighted by Crippen LogP contribution is 2.47. The van der Waals surface area contributed by atoms with Gasteiger partial charge in [-0.05, 0) is 30.5 Å². The van der Waals surface area contributed by atoms with Crippen LogP contribution in [0.5, 0.6) is 23.0 Å². The van der Waals surface area contributed by atoms with Gasteiger partial charge in [-0.3, -0.25) is 14.5 Å². The number of aromatic nitrogens is 2. The van der Waals surface area contributed by atoms with Crippen molar-refractivity contribution in [2.45, 2.75) is 29.5 Å². The summed E-state index contributed by atoms with van der Waals surface area (Å²) in [5.41, 5.74) is 9.36. The standard InChI is InChI=1S/C30H30N6O6S2/c1-39-18-8-5-7-16(11-18)25-19(14-31)28(32)36(20-9-6-10-21(37)26(20)25)29-34-35-30(44-29)43-15-24(38)33-17-12-22(40-2)27(42-4)23(13-17)41-3/h5,7-8,11-13,25H,6,9-10,15,32H2,1-4H3,(H,33,38). The number of amides is 1. The third-order valence-corrected chi connectivity index (χ3v) is 9.24. The molecule has 1 aliphatic carbocycles. The van der Waals surface area contributed by atoms with Crippen molar-refractivity contribution >= 4 is 45.6 Å². The van der Waals surface area contributed by atoms with Crippen molar-refractivity contribution in [3.8, 4) is 29.1 Å². The van der Waals surface area contributed by atoms with Gasteiger partial charge >= 0.3 is 0 Å². The summed E-state index contributed by atoms with van der Waals surface area (Å²) in [5, 5.41) is 22.1. The van der Waals surface area contributed by atoms with Crippen LogP contribution in [-0.4, -0.2) is 56.1 Å². The number of thioether (sulfide) groups is 1. The lowest BCUT2D eigenvalue weighted by Gasteiger charge is -2.38. The number of nitrogens with two attached hydrogens (primary N) is 1. The van der Waals surface area contributed by atoms with Gasteiger partial charge in [0.2, 0.25) is 16.8 Å². The summed E-state index contributed by atoms with van der Waals surface area (Å²) in [6.07, 6.45) is 1.61. The van der Waals surface area contributed by atoms with Crippen molar-refractivity contribution in [3.05, 3.63) is 64.6 Å². The maximum Gasteiger partial charge on any atom is 0.234 e. The van der Waals surface area contributed by atoms with E-state index in [9.17, 15) is 14.9 Å². The number of nitrogens with one attached hydrogen (secondary N) is 1. The molecule has 0 saturated heterocycles. The first kappa shape index (κ1) is 30.7. The lowest BCUT2D eigenvalue weighted by atomic mass is 9.76. The quantitative estimate of drug-likeness (QED) is 0.298. The van der Waals surface area contributed by atoms with Gasteiger partial charge in [0.1, 0.15) is 11.6 Å². The van der Waals surface area contributed by atoms with Crippen LogP contribution in [0.4, 0.5) is 10.8 Å². The van der Waals surface area contributed by atoms with Crippen LogP contribution in [0.2, 0.25) is 0 Å². The molecule has 2 heterocycles. The number of nitriles is 1. The highest BCUT2D eigenvalue weighted by molar-refractivity contribution is 8.01. The van der Waals surface area contributed by atoms with Gasteiger partial charge in [-0.2, -0.15) is 5.26 Å². The van der Waals surface area contributed by atoms with E-state index in [4.69, 9.17) is 24.7 Å². The predicted molar refractivity (Wildman–Crippen MR) is 166 cm³/mol. The smallest absolute Gasteiger partial charge is 0.234 e. The van der Waals surface area contributed by atoms with E-state index in [2.05, 4.69) is 21.6 Å². The summed E-state index contributed by atoms with van der Waals surface area (Å²) < 4.78 is 22.0. The van der Waals surface area contributed by atoms with Gasteiger partial charge in [0, 0.05) is 35.5 Å². The molecule has 0 saturated carbocycles. The number of anilines is 2. The molecular weight excluding hydrogens is 605 g/mol. The van der Waals surface area contributed by atoms with Crippen LogP contribution in [0.3, 0.4) is 0 Å². The number of hydrogen-bond donors (Lipinski definition) is 2. The minimum absolute atomic E-state index is 0.0353. The van der Waals surface area contributed by atoms with E-state index in [1.54, 1.807) is 30.2 Å². The van der Waals surface area contributed by atoms with Gasteiger partial charge in [-0.15, -0.1) is 10.2 Å². The fourth-order valence-electron chi connectivity index (χ4n) is 5.29. The van der Waals surface area contributed by atoms with E-state index in [1.807, 2.05) is 18.2 Å². The number of carbonyl (C=O) groups is 2. The molecule has 5 rings (SSSR count). The summed E-state index contributed by atoms with van der Waals surface area (Å²) in [6.45, 7) is 0. The fourth-order valence-corrected chi connectivity index (χ4v) is 6.97. The minimum atomic E-state index is -0.616. The van der Waals surface area contributed by atoms with Crippen molar-refractivity contribution < 1.29 is 28.5 Å². The number of hydrogen-bond acceptors (Lipinski definition) is 13. The second-order valence-electron chi connectivity index (χ2n) is 9.69. The molecule has 1 amide bonds. The first-order chi connectivity index (χ1) is 21.3. The molecule has 44 heavy (non-hydrogen) atoms. The molecule has 12 nitrogen and oxygen atoms in total. The van der Waals surface area contributed by atoms with Crippen molar-refractivity contribution in [2.24, 2.45) is 5.73 Å². The van der Waals surface area contributed by atoms with E-state index in [1.165, 1.54) is 44.4 Å². The second kappa shape index (κ2) is 13.3. The molecule has 0 bridgehead atoms. The number of methoxy groups -OCH3 is 4. The van der Waals surface area contributed by atoms with Gasteiger partial charge in [0.15, 0.2) is 21.6 Å². The Morgan fingerprint density at radius 3 is 2.52 bits per heavy atom. The Kier molecular flexibility index (Phi) is 9.26. The molecular formula is C30H30N6O6S2. The Morgan fingerprint density at radius 1 is 1.11 bits per heavy atom. The van der Waals surface area contributed by atoms with Crippen molar-refractivity contribution in [1.29, 1.82) is 5.26 Å². The predicted octanol–water partition coefficient (Wildman–Crippen LogP) is 4.61. The number of carbonyl (C=O) groups excluding carboxylic acids is 2. The zero-order valence-electron chi connectivity index (χ0n) is 24.5. The largest absolute Gasteiger partial charge is 0.497 e. The lowest BCUT2D eigenvalue weighted by molar-refractivity contribution is -0.116. The van der Waals surface area contributed by atoms with Crippen LogP contribution in [0.25, 0.3) is 0 Å². The van der Waals surface area contributed by atoms with Gasteiger partial charge < -0.3 is 30.0 Å². The van der Waals surface area contributed by atoms with E-state index < -0.39 is 5.92 Å². The van der Waals surface area contributed by atoms with Crippen LogP contribution < -0.4 is 34.9 Å². The lowest BCUT2D eigenvalue weighted by Crippen LogP contribution is -2.38. The van der Waals surface area contributed by atoms with E-state index in [-0.39, 0.29) is 28.8 Å². The molecule has 2 aliphatic rings. The Bertz CT molecular complexity index is 1690. The van der Waals surface area contributed by atoms with Gasteiger partial charge in [-0.25, -0.2) is 0 Å². The normalized spacial score (nSPS) is 16.3. The second-order valence-corrected chi connectivity index (χ2v) is 11.9. The van der Waals surface area contributed by atoms with Crippen LogP contribution in [0, 0.1) is 11.3 Å². The number of rotatable bonds is 10. The first-order valence-electron chi connectivity index (χ1n) is 13.5. The summed E-state index contributed by atoms with van der Waals surface area (Å²) in [5.74, 6) is 1.17. The van der Waals surface area contributed by atoms with Gasteiger partial charge in [0.25, 0.3) is 0 Å². The summed E-state index contributed by atoms with van der Waals surface area (Å²) in [7, 11) is 6.06. The number of ether oxygens (including phenoxy) is 4. The maximum absolute atomic E-state index is 13.4. The molecule has 3 aromatic rings. The number of Topliss-reactive ketones (excluding diaryl/α,β-unsaturated/α-hetero) is 1. The topological polar surface area (TPSA) is 162 Å². The highest BCUT2D eigenvalue weighted by atomic mass is 32.2. The zero-order chi connectivity index (χ0) is 31.4. The molecule has 1 aliphatic heterocycles. The fraction of sp³-hybridized carbons (Fsp3) is 0.300. The van der Waals surface area contributed by atoms with Crippen LogP contribution in [0.1, 0.15) is 30.7 Å². The molecule has 1 unspecified atom stereocenters. The number of benzene rings is 2. The molecule has 1 atom stereocenters. The molecule has 14 heteroatoms. The molecule has 1 aromatic heterocycles. The molecule has 0 spiro atoms. The third-order valence-electron chi connectivity index (χ3n) is 7.20. The van der Waals surface area contributed by atoms with Gasteiger partial charge in [-0.1, -0.05) is 35.2 Å². The van der Waals surface area contributed by atoms with E-state index in [0.717, 1.165) is 5.56 Å². The summed E-state index contributed by atoms with van der Waals surface area (Å²) in [6, 6.07) is 12.8. The Balaban J connectivity index is 1.38. The average Bonchev–Trinajstić information content (AvgIpc) is 3.51. The number of ketones is 1. The summed E-state index contributed by atoms with van der Waals surface area (Å²) >= 11 is 2.42. The van der Waals surface area contributed by atoms with Crippen molar-refractivity contribution in [1.82, 2.24) is 10.2 Å². The summed E-state index contributed by atoms with van der Waals surface area (Å²) in [4.78, 5) is 27.8. The number of nitrogens with zero attached hydrogens (tertiary/aromatic N) is 4. The number of allylic oxidation sites excluding steroid dienone is 3. The highest BCUT2D eigenvalue weighted by Gasteiger charge is 2.41.